The number of hydrogen-bond donors (Lipinski definition) is 1. The molecule has 1 N–H and O–H groups in total. The van der Waals surface area contributed by atoms with Crippen molar-refractivity contribution >= 4 is 60.8 Å². The molecule has 9 heteroatoms. The standard InChI is InChI=1S/C18H13Br2ClN4O2/c1-9-6-11(19)7-12(10(2)26)16(9)23-18(27)14-8-15(20)24-25(14)17-13(21)4-3-5-22-17/h3-8H,1-2H3,(H,23,27). The fourth-order valence-corrected chi connectivity index (χ4v) is 3.72. The van der Waals surface area contributed by atoms with Crippen molar-refractivity contribution in [1.82, 2.24) is 14.8 Å². The molecule has 0 saturated heterocycles. The van der Waals surface area contributed by atoms with Gasteiger partial charge < -0.3 is 5.32 Å². The number of Topliss-reactive ketones (excluding diaryl/α,β-unsaturated/α-hetero) is 1. The Balaban J connectivity index is 2.05. The van der Waals surface area contributed by atoms with Crippen molar-refractivity contribution in [3.8, 4) is 5.82 Å². The van der Waals surface area contributed by atoms with Gasteiger partial charge in [0.1, 0.15) is 10.3 Å². The maximum atomic E-state index is 13.0. The minimum Gasteiger partial charge on any atom is -0.320 e. The third-order valence-corrected chi connectivity index (χ3v) is 4.91. The highest BCUT2D eigenvalue weighted by Gasteiger charge is 2.21. The Labute approximate surface area is 177 Å². The van der Waals surface area contributed by atoms with Crippen molar-refractivity contribution in [3.05, 3.63) is 67.4 Å². The van der Waals surface area contributed by atoms with Crippen LogP contribution in [-0.4, -0.2) is 26.5 Å². The number of anilines is 1. The van der Waals surface area contributed by atoms with E-state index in [-0.39, 0.29) is 11.5 Å². The first kappa shape index (κ1) is 19.7. The van der Waals surface area contributed by atoms with Crippen molar-refractivity contribution < 1.29 is 9.59 Å². The summed E-state index contributed by atoms with van der Waals surface area (Å²) >= 11 is 12.8. The Kier molecular flexibility index (Phi) is 5.78. The second-order valence-corrected chi connectivity index (χ2v) is 7.86. The largest absolute Gasteiger partial charge is 0.320 e. The summed E-state index contributed by atoms with van der Waals surface area (Å²) in [5.74, 6) is -0.269. The minimum atomic E-state index is -0.442. The fraction of sp³-hybridized carbons (Fsp3) is 0.111. The molecule has 0 fully saturated rings. The minimum absolute atomic E-state index is 0.155. The number of amides is 1. The van der Waals surface area contributed by atoms with Gasteiger partial charge in [-0.25, -0.2) is 9.67 Å². The number of nitrogens with one attached hydrogen (secondary N) is 1. The first-order valence-corrected chi connectivity index (χ1v) is 9.73. The number of halogens is 3. The van der Waals surface area contributed by atoms with Crippen LogP contribution in [0.3, 0.4) is 0 Å². The van der Waals surface area contributed by atoms with Crippen LogP contribution in [0.25, 0.3) is 5.82 Å². The lowest BCUT2D eigenvalue weighted by molar-refractivity contribution is 0.101. The third-order valence-electron chi connectivity index (χ3n) is 3.77. The quantitative estimate of drug-likeness (QED) is 0.487. The fourth-order valence-electron chi connectivity index (χ4n) is 2.57. The van der Waals surface area contributed by atoms with Gasteiger partial charge in [0.25, 0.3) is 5.91 Å². The molecule has 3 aromatic rings. The average molecular weight is 513 g/mol. The van der Waals surface area contributed by atoms with Crippen LogP contribution in [0.2, 0.25) is 5.02 Å². The van der Waals surface area contributed by atoms with Crippen molar-refractivity contribution in [2.24, 2.45) is 0 Å². The van der Waals surface area contributed by atoms with Gasteiger partial charge in [-0.3, -0.25) is 9.59 Å². The number of hydrogen-bond acceptors (Lipinski definition) is 4. The summed E-state index contributed by atoms with van der Waals surface area (Å²) in [4.78, 5) is 29.2. The number of benzene rings is 1. The molecule has 1 amide bonds. The topological polar surface area (TPSA) is 76.9 Å². The van der Waals surface area contributed by atoms with E-state index >= 15 is 0 Å². The molecule has 0 radical (unpaired) electrons. The summed E-state index contributed by atoms with van der Waals surface area (Å²) in [7, 11) is 0. The number of carbonyl (C=O) groups excluding carboxylic acids is 2. The first-order valence-electron chi connectivity index (χ1n) is 7.77. The number of rotatable bonds is 4. The Hall–Kier alpha value is -2.03. The van der Waals surface area contributed by atoms with Crippen LogP contribution < -0.4 is 5.32 Å². The van der Waals surface area contributed by atoms with E-state index in [1.165, 1.54) is 11.6 Å². The van der Waals surface area contributed by atoms with E-state index in [2.05, 4.69) is 47.3 Å². The van der Waals surface area contributed by atoms with Gasteiger partial charge in [0.2, 0.25) is 0 Å². The molecule has 0 aliphatic heterocycles. The zero-order chi connectivity index (χ0) is 19.7. The van der Waals surface area contributed by atoms with Crippen LogP contribution in [0.15, 0.2) is 45.6 Å². The maximum Gasteiger partial charge on any atom is 0.274 e. The van der Waals surface area contributed by atoms with Gasteiger partial charge in [0.05, 0.1) is 10.7 Å². The molecule has 0 aliphatic carbocycles. The molecule has 0 spiro atoms. The molecule has 1 aromatic carbocycles. The summed E-state index contributed by atoms with van der Waals surface area (Å²) < 4.78 is 2.56. The van der Waals surface area contributed by atoms with Gasteiger partial charge in [-0.1, -0.05) is 27.5 Å². The van der Waals surface area contributed by atoms with Crippen molar-refractivity contribution in [3.63, 3.8) is 0 Å². The van der Waals surface area contributed by atoms with Crippen LogP contribution in [-0.2, 0) is 0 Å². The van der Waals surface area contributed by atoms with Crippen LogP contribution >= 0.6 is 43.5 Å². The van der Waals surface area contributed by atoms with Gasteiger partial charge in [-0.15, -0.1) is 0 Å². The smallest absolute Gasteiger partial charge is 0.274 e. The predicted molar refractivity (Wildman–Crippen MR) is 111 cm³/mol. The zero-order valence-corrected chi connectivity index (χ0v) is 18.2. The molecule has 3 rings (SSSR count). The Morgan fingerprint density at radius 1 is 1.22 bits per heavy atom. The van der Waals surface area contributed by atoms with Crippen LogP contribution in [0, 0.1) is 6.92 Å². The number of aromatic nitrogens is 3. The van der Waals surface area contributed by atoms with E-state index in [1.54, 1.807) is 30.5 Å². The molecule has 2 heterocycles. The van der Waals surface area contributed by atoms with E-state index in [4.69, 9.17) is 11.6 Å². The van der Waals surface area contributed by atoms with Crippen LogP contribution in [0.4, 0.5) is 5.69 Å². The highest BCUT2D eigenvalue weighted by atomic mass is 79.9. The summed E-state index contributed by atoms with van der Waals surface area (Å²) in [6, 6.07) is 8.41. The van der Waals surface area contributed by atoms with Gasteiger partial charge in [0, 0.05) is 22.3 Å². The summed E-state index contributed by atoms with van der Waals surface area (Å²) in [6.45, 7) is 3.26. The summed E-state index contributed by atoms with van der Waals surface area (Å²) in [5.41, 5.74) is 1.84. The molecule has 0 aliphatic rings. The van der Waals surface area contributed by atoms with Crippen molar-refractivity contribution in [2.75, 3.05) is 5.32 Å². The molecule has 0 saturated carbocycles. The second-order valence-electron chi connectivity index (χ2n) is 5.73. The number of ketones is 1. The Morgan fingerprint density at radius 3 is 2.63 bits per heavy atom. The molecule has 27 heavy (non-hydrogen) atoms. The molecule has 0 bridgehead atoms. The van der Waals surface area contributed by atoms with Crippen LogP contribution in [0.5, 0.6) is 0 Å². The highest BCUT2D eigenvalue weighted by molar-refractivity contribution is 9.10. The predicted octanol–water partition coefficient (Wildman–Crippen LogP) is 5.21. The molecule has 138 valence electrons. The maximum absolute atomic E-state index is 13.0. The number of carbonyl (C=O) groups is 2. The van der Waals surface area contributed by atoms with Gasteiger partial charge in [-0.2, -0.15) is 5.10 Å². The molecule has 0 atom stereocenters. The van der Waals surface area contributed by atoms with Gasteiger partial charge in [0.15, 0.2) is 11.6 Å². The molecule has 0 unspecified atom stereocenters. The molecule has 2 aromatic heterocycles. The van der Waals surface area contributed by atoms with Crippen LogP contribution in [0.1, 0.15) is 33.3 Å². The van der Waals surface area contributed by atoms with E-state index < -0.39 is 5.91 Å². The Morgan fingerprint density at radius 2 is 1.96 bits per heavy atom. The number of pyridine rings is 1. The lowest BCUT2D eigenvalue weighted by Crippen LogP contribution is -2.19. The molecule has 6 nitrogen and oxygen atoms in total. The SMILES string of the molecule is CC(=O)c1cc(Br)cc(C)c1NC(=O)c1cc(Br)nn1-c1ncccc1Cl. The molecular weight excluding hydrogens is 499 g/mol. The summed E-state index contributed by atoms with van der Waals surface area (Å²) in [6.07, 6.45) is 1.56. The molecular formula is C18H13Br2ClN4O2. The highest BCUT2D eigenvalue weighted by Crippen LogP contribution is 2.28. The Bertz CT molecular complexity index is 1070. The van der Waals surface area contributed by atoms with E-state index in [1.807, 2.05) is 13.0 Å². The van der Waals surface area contributed by atoms with Crippen molar-refractivity contribution in [1.29, 1.82) is 0 Å². The van der Waals surface area contributed by atoms with E-state index in [9.17, 15) is 9.59 Å². The van der Waals surface area contributed by atoms with E-state index in [0.717, 1.165) is 10.0 Å². The third kappa shape index (κ3) is 4.12. The van der Waals surface area contributed by atoms with Gasteiger partial charge in [-0.05, 0) is 59.6 Å². The normalized spacial score (nSPS) is 10.7. The summed E-state index contributed by atoms with van der Waals surface area (Å²) in [5, 5.41) is 7.42. The second kappa shape index (κ2) is 7.92. The monoisotopic (exact) mass is 510 g/mol. The average Bonchev–Trinajstić information content (AvgIpc) is 2.99. The first-order chi connectivity index (χ1) is 12.8. The lowest BCUT2D eigenvalue weighted by Gasteiger charge is -2.14. The lowest BCUT2D eigenvalue weighted by atomic mass is 10.0. The number of aryl methyl sites for hydroxylation is 1. The van der Waals surface area contributed by atoms with Crippen molar-refractivity contribution in [2.45, 2.75) is 13.8 Å². The number of nitrogens with zero attached hydrogens (tertiary/aromatic N) is 3. The van der Waals surface area contributed by atoms with Gasteiger partial charge >= 0.3 is 0 Å². The van der Waals surface area contributed by atoms with E-state index in [0.29, 0.717) is 26.7 Å². The zero-order valence-electron chi connectivity index (χ0n) is 14.3.